The Morgan fingerprint density at radius 3 is 2.03 bits per heavy atom. The molecule has 1 heterocycles. The predicted molar refractivity (Wildman–Crippen MR) is 138 cm³/mol. The quantitative estimate of drug-likeness (QED) is 0.394. The van der Waals surface area contributed by atoms with Crippen molar-refractivity contribution in [3.63, 3.8) is 0 Å². The summed E-state index contributed by atoms with van der Waals surface area (Å²) in [7, 11) is 0. The number of carbonyl (C=O) groups excluding carboxylic acids is 1. The van der Waals surface area contributed by atoms with Crippen molar-refractivity contribution in [1.82, 2.24) is 10.2 Å². The van der Waals surface area contributed by atoms with Crippen LogP contribution in [-0.2, 0) is 10.2 Å². The van der Waals surface area contributed by atoms with E-state index in [-0.39, 0.29) is 11.8 Å². The maximum atomic E-state index is 13.2. The topological polar surface area (TPSA) is 58.4 Å². The average molecular weight is 450 g/mol. The average Bonchev–Trinajstić information content (AvgIpc) is 3.28. The maximum Gasteiger partial charge on any atom is 0.232 e. The fourth-order valence-electron chi connectivity index (χ4n) is 5.47. The van der Waals surface area contributed by atoms with Crippen LogP contribution in [0.2, 0.25) is 0 Å². The van der Waals surface area contributed by atoms with E-state index in [1.807, 2.05) is 36.4 Å². The fraction of sp³-hybridized carbons (Fsp3) is 0.552. The number of nitrogens with zero attached hydrogens (tertiary/aromatic N) is 1. The Bertz CT molecular complexity index is 782. The standard InChI is InChI=1S/C29H43N3O/c1-24(2)31-20-13-5-3-4-6-14-21-32-22-19-27(23-32)29(28(30)33,25-15-9-7-10-16-25)26-17-11-8-12-18-26/h7-12,15-18,24,27,31H,3-6,13-14,19-23H2,1-2H3,(H2,30,33). The summed E-state index contributed by atoms with van der Waals surface area (Å²) in [5.41, 5.74) is 7.46. The third kappa shape index (κ3) is 6.68. The van der Waals surface area contributed by atoms with Crippen LogP contribution in [0, 0.1) is 5.92 Å². The van der Waals surface area contributed by atoms with Gasteiger partial charge in [-0.05, 0) is 55.9 Å². The van der Waals surface area contributed by atoms with Gasteiger partial charge in [-0.2, -0.15) is 0 Å². The summed E-state index contributed by atoms with van der Waals surface area (Å²) >= 11 is 0. The van der Waals surface area contributed by atoms with E-state index in [0.717, 1.165) is 43.7 Å². The minimum absolute atomic E-state index is 0.188. The van der Waals surface area contributed by atoms with Gasteiger partial charge in [-0.25, -0.2) is 0 Å². The van der Waals surface area contributed by atoms with Crippen molar-refractivity contribution in [3.05, 3.63) is 71.8 Å². The summed E-state index contributed by atoms with van der Waals surface area (Å²) < 4.78 is 0. The smallest absolute Gasteiger partial charge is 0.232 e. The second-order valence-electron chi connectivity index (χ2n) is 9.92. The van der Waals surface area contributed by atoms with Crippen LogP contribution in [-0.4, -0.2) is 43.0 Å². The minimum Gasteiger partial charge on any atom is -0.369 e. The van der Waals surface area contributed by atoms with Crippen molar-refractivity contribution >= 4 is 5.91 Å². The Hall–Kier alpha value is -2.17. The Kier molecular flexibility index (Phi) is 9.95. The Morgan fingerprint density at radius 2 is 1.48 bits per heavy atom. The van der Waals surface area contributed by atoms with Crippen LogP contribution in [0.25, 0.3) is 0 Å². The highest BCUT2D eigenvalue weighted by atomic mass is 16.1. The van der Waals surface area contributed by atoms with E-state index in [1.54, 1.807) is 0 Å². The molecule has 1 fully saturated rings. The van der Waals surface area contributed by atoms with Crippen LogP contribution in [0.4, 0.5) is 0 Å². The van der Waals surface area contributed by atoms with Gasteiger partial charge in [0.05, 0.1) is 0 Å². The molecule has 2 aromatic rings. The number of rotatable bonds is 14. The summed E-state index contributed by atoms with van der Waals surface area (Å²) in [6, 6.07) is 20.9. The Balaban J connectivity index is 1.55. The molecule has 0 spiro atoms. The van der Waals surface area contributed by atoms with Crippen LogP contribution in [0.1, 0.15) is 69.9 Å². The number of hydrogen-bond donors (Lipinski definition) is 2. The lowest BCUT2D eigenvalue weighted by molar-refractivity contribution is -0.123. The zero-order valence-corrected chi connectivity index (χ0v) is 20.6. The number of carbonyl (C=O) groups is 1. The van der Waals surface area contributed by atoms with E-state index in [0.29, 0.717) is 6.04 Å². The highest BCUT2D eigenvalue weighted by Crippen LogP contribution is 2.43. The predicted octanol–water partition coefficient (Wildman–Crippen LogP) is 5.12. The molecule has 1 unspecified atom stereocenters. The Morgan fingerprint density at radius 1 is 0.939 bits per heavy atom. The number of benzene rings is 2. The molecule has 1 aliphatic rings. The third-order valence-electron chi connectivity index (χ3n) is 7.19. The van der Waals surface area contributed by atoms with Gasteiger partial charge in [0.1, 0.15) is 5.41 Å². The fourth-order valence-corrected chi connectivity index (χ4v) is 5.47. The molecule has 1 atom stereocenters. The Labute approximate surface area is 200 Å². The van der Waals surface area contributed by atoms with Gasteiger partial charge >= 0.3 is 0 Å². The first-order valence-electron chi connectivity index (χ1n) is 12.9. The van der Waals surface area contributed by atoms with E-state index in [1.165, 1.54) is 38.5 Å². The number of likely N-dealkylation sites (tertiary alicyclic amines) is 1. The number of hydrogen-bond acceptors (Lipinski definition) is 3. The highest BCUT2D eigenvalue weighted by Gasteiger charge is 2.49. The molecule has 2 aromatic carbocycles. The normalized spacial score (nSPS) is 17.0. The van der Waals surface area contributed by atoms with Gasteiger partial charge < -0.3 is 16.0 Å². The van der Waals surface area contributed by atoms with Crippen LogP contribution < -0.4 is 11.1 Å². The van der Waals surface area contributed by atoms with Gasteiger partial charge in [-0.3, -0.25) is 4.79 Å². The lowest BCUT2D eigenvalue weighted by atomic mass is 9.64. The van der Waals surface area contributed by atoms with Gasteiger partial charge in [-0.1, -0.05) is 100 Å². The molecule has 1 aliphatic heterocycles. The van der Waals surface area contributed by atoms with Crippen LogP contribution in [0.3, 0.4) is 0 Å². The summed E-state index contributed by atoms with van der Waals surface area (Å²) in [4.78, 5) is 15.7. The van der Waals surface area contributed by atoms with Gasteiger partial charge in [0.2, 0.25) is 5.91 Å². The van der Waals surface area contributed by atoms with Gasteiger partial charge in [-0.15, -0.1) is 0 Å². The van der Waals surface area contributed by atoms with Crippen LogP contribution >= 0.6 is 0 Å². The molecule has 4 heteroatoms. The second-order valence-corrected chi connectivity index (χ2v) is 9.92. The third-order valence-corrected chi connectivity index (χ3v) is 7.19. The summed E-state index contributed by atoms with van der Waals surface area (Å²) in [5.74, 6) is -0.0491. The van der Waals surface area contributed by atoms with E-state index in [2.05, 4.69) is 48.3 Å². The molecule has 180 valence electrons. The number of unbranched alkanes of at least 4 members (excludes halogenated alkanes) is 5. The van der Waals surface area contributed by atoms with Crippen LogP contribution in [0.5, 0.6) is 0 Å². The molecular weight excluding hydrogens is 406 g/mol. The first-order valence-corrected chi connectivity index (χ1v) is 12.9. The first kappa shape index (κ1) is 25.5. The monoisotopic (exact) mass is 449 g/mol. The lowest BCUT2D eigenvalue weighted by Gasteiger charge is -2.37. The van der Waals surface area contributed by atoms with Gasteiger partial charge in [0.25, 0.3) is 0 Å². The summed E-state index contributed by atoms with van der Waals surface area (Å²) in [5, 5.41) is 3.49. The molecular formula is C29H43N3O. The summed E-state index contributed by atoms with van der Waals surface area (Å²) in [6.07, 6.45) is 8.76. The molecule has 1 amide bonds. The number of nitrogens with one attached hydrogen (secondary N) is 1. The van der Waals surface area contributed by atoms with E-state index in [9.17, 15) is 4.79 Å². The molecule has 0 aliphatic carbocycles. The van der Waals surface area contributed by atoms with E-state index in [4.69, 9.17) is 5.73 Å². The van der Waals surface area contributed by atoms with Crippen molar-refractivity contribution in [1.29, 1.82) is 0 Å². The molecule has 1 saturated heterocycles. The highest BCUT2D eigenvalue weighted by molar-refractivity contribution is 5.91. The van der Waals surface area contributed by atoms with Crippen molar-refractivity contribution in [2.75, 3.05) is 26.2 Å². The molecule has 0 saturated carbocycles. The minimum atomic E-state index is -0.776. The van der Waals surface area contributed by atoms with Crippen molar-refractivity contribution in [2.24, 2.45) is 11.7 Å². The molecule has 0 aromatic heterocycles. The van der Waals surface area contributed by atoms with E-state index < -0.39 is 5.41 Å². The van der Waals surface area contributed by atoms with Gasteiger partial charge in [0, 0.05) is 12.6 Å². The maximum absolute atomic E-state index is 13.2. The van der Waals surface area contributed by atoms with Crippen molar-refractivity contribution in [2.45, 2.75) is 70.3 Å². The molecule has 0 bridgehead atoms. The zero-order valence-electron chi connectivity index (χ0n) is 20.6. The van der Waals surface area contributed by atoms with Crippen molar-refractivity contribution < 1.29 is 4.79 Å². The van der Waals surface area contributed by atoms with Crippen LogP contribution in [0.15, 0.2) is 60.7 Å². The van der Waals surface area contributed by atoms with E-state index >= 15 is 0 Å². The molecule has 3 N–H and O–H groups in total. The number of nitrogens with two attached hydrogens (primary N) is 1. The molecule has 0 radical (unpaired) electrons. The molecule has 4 nitrogen and oxygen atoms in total. The lowest BCUT2D eigenvalue weighted by Crippen LogP contribution is -2.49. The largest absolute Gasteiger partial charge is 0.369 e. The van der Waals surface area contributed by atoms with Crippen molar-refractivity contribution in [3.8, 4) is 0 Å². The molecule has 33 heavy (non-hydrogen) atoms. The second kappa shape index (κ2) is 12.9. The zero-order chi connectivity index (χ0) is 23.5. The number of primary amides is 1. The number of amides is 1. The molecule has 3 rings (SSSR count). The first-order chi connectivity index (χ1) is 16.0. The van der Waals surface area contributed by atoms with Gasteiger partial charge in [0.15, 0.2) is 0 Å². The SMILES string of the molecule is CC(C)NCCCCCCCCN1CCC(C(C(N)=O)(c2ccccc2)c2ccccc2)C1. The summed E-state index contributed by atoms with van der Waals surface area (Å²) in [6.45, 7) is 8.63.